The molecule has 0 radical (unpaired) electrons. The van der Waals surface area contributed by atoms with Gasteiger partial charge < -0.3 is 0 Å². The van der Waals surface area contributed by atoms with E-state index in [4.69, 9.17) is 4.28 Å². The normalized spacial score (nSPS) is 11.7. The van der Waals surface area contributed by atoms with Gasteiger partial charge in [0.25, 0.3) is 0 Å². The van der Waals surface area contributed by atoms with E-state index in [0.717, 1.165) is 11.1 Å². The molecular weight excluding hydrogens is 300 g/mol. The highest BCUT2D eigenvalue weighted by atomic mass is 32.2. The SMILES string of the molecule is CCc1cn(OS(=O)(=O)c2cccc3ccccc23)c(C)n1. The highest BCUT2D eigenvalue weighted by Gasteiger charge is 2.21. The molecule has 0 unspecified atom stereocenters. The highest BCUT2D eigenvalue weighted by molar-refractivity contribution is 7.87. The van der Waals surface area contributed by atoms with Crippen molar-refractivity contribution >= 4 is 20.9 Å². The zero-order chi connectivity index (χ0) is 15.7. The van der Waals surface area contributed by atoms with Crippen molar-refractivity contribution in [2.45, 2.75) is 25.2 Å². The number of aryl methyl sites for hydroxylation is 2. The van der Waals surface area contributed by atoms with E-state index >= 15 is 0 Å². The number of aromatic nitrogens is 2. The van der Waals surface area contributed by atoms with Crippen LogP contribution in [-0.4, -0.2) is 18.1 Å². The first kappa shape index (κ1) is 14.6. The number of rotatable bonds is 4. The molecule has 0 saturated carbocycles. The van der Waals surface area contributed by atoms with Crippen LogP contribution in [0.5, 0.6) is 0 Å². The number of nitrogens with zero attached hydrogens (tertiary/aromatic N) is 2. The molecule has 1 heterocycles. The first-order valence-electron chi connectivity index (χ1n) is 6.99. The van der Waals surface area contributed by atoms with Gasteiger partial charge in [-0.3, -0.25) is 4.28 Å². The second-order valence-corrected chi connectivity index (χ2v) is 6.46. The summed E-state index contributed by atoms with van der Waals surface area (Å²) in [5, 5.41) is 1.49. The third-order valence-electron chi connectivity index (χ3n) is 3.45. The Morgan fingerprint density at radius 2 is 1.86 bits per heavy atom. The Hall–Kier alpha value is -2.34. The lowest BCUT2D eigenvalue weighted by Gasteiger charge is -2.10. The van der Waals surface area contributed by atoms with Crippen LogP contribution in [0.4, 0.5) is 0 Å². The molecule has 3 aromatic rings. The van der Waals surface area contributed by atoms with Crippen molar-refractivity contribution in [2.75, 3.05) is 0 Å². The molecule has 0 spiro atoms. The van der Waals surface area contributed by atoms with Crippen molar-refractivity contribution in [3.05, 3.63) is 60.2 Å². The molecule has 0 aliphatic carbocycles. The van der Waals surface area contributed by atoms with Crippen molar-refractivity contribution in [3.8, 4) is 0 Å². The number of hydrogen-bond acceptors (Lipinski definition) is 4. The summed E-state index contributed by atoms with van der Waals surface area (Å²) in [5.74, 6) is 0.501. The fraction of sp³-hybridized carbons (Fsp3) is 0.188. The van der Waals surface area contributed by atoms with E-state index in [0.29, 0.717) is 17.6 Å². The minimum Gasteiger partial charge on any atom is -0.283 e. The molecule has 0 fully saturated rings. The number of fused-ring (bicyclic) bond motifs is 1. The average Bonchev–Trinajstić information content (AvgIpc) is 2.86. The maximum Gasteiger partial charge on any atom is 0.357 e. The van der Waals surface area contributed by atoms with Crippen molar-refractivity contribution < 1.29 is 12.7 Å². The lowest BCUT2D eigenvalue weighted by Crippen LogP contribution is -2.21. The van der Waals surface area contributed by atoms with Crippen LogP contribution in [0.3, 0.4) is 0 Å². The maximum absolute atomic E-state index is 12.6. The molecule has 0 aliphatic rings. The molecule has 2 aromatic carbocycles. The molecule has 0 atom stereocenters. The zero-order valence-electron chi connectivity index (χ0n) is 12.4. The minimum absolute atomic E-state index is 0.150. The fourth-order valence-electron chi connectivity index (χ4n) is 2.32. The Kier molecular flexibility index (Phi) is 3.62. The Bertz CT molecular complexity index is 924. The van der Waals surface area contributed by atoms with E-state index in [1.807, 2.05) is 25.1 Å². The Labute approximate surface area is 129 Å². The summed E-state index contributed by atoms with van der Waals surface area (Å²) >= 11 is 0. The summed E-state index contributed by atoms with van der Waals surface area (Å²) in [6.45, 7) is 3.66. The van der Waals surface area contributed by atoms with Crippen molar-refractivity contribution in [2.24, 2.45) is 0 Å². The van der Waals surface area contributed by atoms with Crippen LogP contribution in [0.15, 0.2) is 53.6 Å². The van der Waals surface area contributed by atoms with Gasteiger partial charge in [0.2, 0.25) is 0 Å². The van der Waals surface area contributed by atoms with Gasteiger partial charge in [0.15, 0.2) is 0 Å². The molecule has 6 heteroatoms. The molecular formula is C16H16N2O3S. The summed E-state index contributed by atoms with van der Waals surface area (Å²) in [4.78, 5) is 4.39. The van der Waals surface area contributed by atoms with Crippen LogP contribution in [-0.2, 0) is 16.5 Å². The zero-order valence-corrected chi connectivity index (χ0v) is 13.2. The van der Waals surface area contributed by atoms with Crippen molar-refractivity contribution in [1.29, 1.82) is 0 Å². The largest absolute Gasteiger partial charge is 0.357 e. The standard InChI is InChI=1S/C16H16N2O3S/c1-3-14-11-18(12(2)17-14)21-22(19,20)16-10-6-8-13-7-4-5-9-15(13)16/h4-11H,3H2,1-2H3. The summed E-state index contributed by atoms with van der Waals surface area (Å²) in [6.07, 6.45) is 2.31. The molecule has 0 aliphatic heterocycles. The van der Waals surface area contributed by atoms with E-state index in [1.165, 1.54) is 4.73 Å². The maximum atomic E-state index is 12.6. The van der Waals surface area contributed by atoms with Gasteiger partial charge in [-0.05, 0) is 24.8 Å². The molecule has 0 N–H and O–H groups in total. The van der Waals surface area contributed by atoms with Crippen LogP contribution < -0.4 is 4.28 Å². The van der Waals surface area contributed by atoms with Crippen LogP contribution >= 0.6 is 0 Å². The van der Waals surface area contributed by atoms with Crippen LogP contribution in [0, 0.1) is 6.92 Å². The highest BCUT2D eigenvalue weighted by Crippen LogP contribution is 2.23. The third-order valence-corrected chi connectivity index (χ3v) is 4.70. The first-order valence-corrected chi connectivity index (χ1v) is 8.39. The average molecular weight is 316 g/mol. The molecule has 22 heavy (non-hydrogen) atoms. The van der Waals surface area contributed by atoms with Crippen LogP contribution in [0.25, 0.3) is 10.8 Å². The molecule has 114 valence electrons. The van der Waals surface area contributed by atoms with Gasteiger partial charge in [-0.25, -0.2) is 4.98 Å². The van der Waals surface area contributed by atoms with Crippen molar-refractivity contribution in [1.82, 2.24) is 9.71 Å². The number of benzene rings is 2. The lowest BCUT2D eigenvalue weighted by molar-refractivity contribution is 0.271. The minimum atomic E-state index is -3.93. The Balaban J connectivity index is 2.07. The summed E-state index contributed by atoms with van der Waals surface area (Å²) < 4.78 is 31.6. The van der Waals surface area contributed by atoms with Gasteiger partial charge in [0.05, 0.1) is 11.9 Å². The van der Waals surface area contributed by atoms with E-state index in [9.17, 15) is 8.42 Å². The fourth-order valence-corrected chi connectivity index (χ4v) is 3.46. The molecule has 5 nitrogen and oxygen atoms in total. The second-order valence-electron chi connectivity index (χ2n) is 4.96. The second kappa shape index (κ2) is 5.46. The van der Waals surface area contributed by atoms with Gasteiger partial charge in [-0.1, -0.05) is 43.3 Å². The lowest BCUT2D eigenvalue weighted by atomic mass is 10.1. The first-order chi connectivity index (χ1) is 10.5. The van der Waals surface area contributed by atoms with Crippen LogP contribution in [0.2, 0.25) is 0 Å². The predicted molar refractivity (Wildman–Crippen MR) is 84.1 cm³/mol. The third kappa shape index (κ3) is 2.57. The van der Waals surface area contributed by atoms with Gasteiger partial charge in [-0.2, -0.15) is 13.1 Å². The molecule has 3 rings (SSSR count). The number of hydrogen-bond donors (Lipinski definition) is 0. The Morgan fingerprint density at radius 3 is 2.59 bits per heavy atom. The van der Waals surface area contributed by atoms with E-state index in [-0.39, 0.29) is 4.90 Å². The van der Waals surface area contributed by atoms with Gasteiger partial charge in [0.1, 0.15) is 10.7 Å². The summed E-state index contributed by atoms with van der Waals surface area (Å²) in [6, 6.07) is 12.4. The number of imidazole rings is 1. The quantitative estimate of drug-likeness (QED) is 0.742. The summed E-state index contributed by atoms with van der Waals surface area (Å²) in [5.41, 5.74) is 0.783. The summed E-state index contributed by atoms with van der Waals surface area (Å²) in [7, 11) is -3.93. The van der Waals surface area contributed by atoms with Crippen molar-refractivity contribution in [3.63, 3.8) is 0 Å². The van der Waals surface area contributed by atoms with Crippen LogP contribution in [0.1, 0.15) is 18.4 Å². The van der Waals surface area contributed by atoms with Gasteiger partial charge >= 0.3 is 10.1 Å². The Morgan fingerprint density at radius 1 is 1.14 bits per heavy atom. The van der Waals surface area contributed by atoms with Gasteiger partial charge in [0, 0.05) is 5.39 Å². The molecule has 0 bridgehead atoms. The van der Waals surface area contributed by atoms with Gasteiger partial charge in [-0.15, -0.1) is 0 Å². The van der Waals surface area contributed by atoms with E-state index in [2.05, 4.69) is 4.98 Å². The van der Waals surface area contributed by atoms with E-state index in [1.54, 1.807) is 37.4 Å². The molecule has 1 aromatic heterocycles. The smallest absolute Gasteiger partial charge is 0.283 e. The monoisotopic (exact) mass is 316 g/mol. The predicted octanol–water partition coefficient (Wildman–Crippen LogP) is 2.72. The topological polar surface area (TPSA) is 61.2 Å². The van der Waals surface area contributed by atoms with E-state index < -0.39 is 10.1 Å². The molecule has 0 saturated heterocycles. The molecule has 0 amide bonds.